The summed E-state index contributed by atoms with van der Waals surface area (Å²) in [5, 5.41) is 4.62. The smallest absolute Gasteiger partial charge is 0.471 e. The molecule has 3 aromatic rings. The van der Waals surface area contributed by atoms with Gasteiger partial charge in [-0.15, -0.1) is 11.8 Å². The number of hydrogen-bond acceptors (Lipinski definition) is 7. The standard InChI is InChI=1S/C30H29F3N2O6S/c1-39-22-14-17-10-12-20(34-28(37)25(16-8-6-5-7-9-16)35-29(38)30(31,32)33)19-15-21(36)23(42-4)13-11-18(19)24(17)27(41-3)26(22)40-2/h5-9,11,13-15,20,25H,10,12H2,1-4H3,(H,34,37)(H,35,38)/t20-,25+/m0/s1. The van der Waals surface area contributed by atoms with Gasteiger partial charge in [0.05, 0.1) is 32.3 Å². The number of fused-ring (bicyclic) bond motifs is 3. The molecule has 1 aliphatic carbocycles. The zero-order chi connectivity index (χ0) is 30.6. The number of nitrogens with one attached hydrogen (secondary N) is 2. The third-order valence-corrected chi connectivity index (χ3v) is 7.74. The Morgan fingerprint density at radius 3 is 2.26 bits per heavy atom. The lowest BCUT2D eigenvalue weighted by Crippen LogP contribution is -2.46. The van der Waals surface area contributed by atoms with Crippen LogP contribution >= 0.6 is 11.8 Å². The number of ether oxygens (including phenoxy) is 3. The van der Waals surface area contributed by atoms with Crippen LogP contribution in [0.25, 0.3) is 11.1 Å². The summed E-state index contributed by atoms with van der Waals surface area (Å²) >= 11 is 1.25. The number of benzene rings is 2. The predicted molar refractivity (Wildman–Crippen MR) is 152 cm³/mol. The zero-order valence-electron chi connectivity index (χ0n) is 23.3. The summed E-state index contributed by atoms with van der Waals surface area (Å²) in [4.78, 5) is 39.2. The molecule has 2 atom stereocenters. The van der Waals surface area contributed by atoms with Crippen molar-refractivity contribution in [1.29, 1.82) is 0 Å². The number of methoxy groups -OCH3 is 3. The number of amides is 2. The van der Waals surface area contributed by atoms with Crippen LogP contribution in [0.2, 0.25) is 0 Å². The first-order valence-electron chi connectivity index (χ1n) is 12.8. The van der Waals surface area contributed by atoms with Gasteiger partial charge in [0, 0.05) is 5.56 Å². The van der Waals surface area contributed by atoms with E-state index in [2.05, 4.69) is 5.32 Å². The topological polar surface area (TPSA) is 103 Å². The second-order valence-electron chi connectivity index (χ2n) is 9.37. The van der Waals surface area contributed by atoms with E-state index in [0.29, 0.717) is 45.3 Å². The van der Waals surface area contributed by atoms with Crippen LogP contribution in [0.1, 0.15) is 35.2 Å². The molecule has 222 valence electrons. The van der Waals surface area contributed by atoms with Crippen LogP contribution in [0, 0.1) is 0 Å². The predicted octanol–water partition coefficient (Wildman–Crippen LogP) is 4.98. The molecule has 4 rings (SSSR count). The minimum absolute atomic E-state index is 0.161. The zero-order valence-corrected chi connectivity index (χ0v) is 24.1. The summed E-state index contributed by atoms with van der Waals surface area (Å²) in [5.74, 6) is -1.99. The highest BCUT2D eigenvalue weighted by Crippen LogP contribution is 2.50. The van der Waals surface area contributed by atoms with E-state index in [-0.39, 0.29) is 17.4 Å². The van der Waals surface area contributed by atoms with E-state index in [1.54, 1.807) is 42.7 Å². The van der Waals surface area contributed by atoms with Gasteiger partial charge >= 0.3 is 12.1 Å². The third-order valence-electron chi connectivity index (χ3n) is 6.97. The first kappa shape index (κ1) is 30.8. The van der Waals surface area contributed by atoms with Gasteiger partial charge < -0.3 is 24.8 Å². The Balaban J connectivity index is 1.87. The maximum absolute atomic E-state index is 13.6. The molecule has 2 amide bonds. The number of thioether (sulfide) groups is 1. The molecule has 0 unspecified atom stereocenters. The second kappa shape index (κ2) is 12.8. The van der Waals surface area contributed by atoms with E-state index in [1.165, 1.54) is 51.3 Å². The van der Waals surface area contributed by atoms with Crippen molar-refractivity contribution in [2.45, 2.75) is 36.0 Å². The van der Waals surface area contributed by atoms with Gasteiger partial charge in [0.1, 0.15) is 6.04 Å². The number of carbonyl (C=O) groups is 2. The fourth-order valence-electron chi connectivity index (χ4n) is 5.03. The van der Waals surface area contributed by atoms with E-state index >= 15 is 0 Å². The van der Waals surface area contributed by atoms with Crippen LogP contribution < -0.4 is 30.3 Å². The van der Waals surface area contributed by atoms with Crippen molar-refractivity contribution in [3.8, 4) is 28.4 Å². The van der Waals surface area contributed by atoms with Crippen LogP contribution in [0.15, 0.2) is 64.3 Å². The molecular formula is C30H29F3N2O6S. The van der Waals surface area contributed by atoms with Gasteiger partial charge in [0.25, 0.3) is 0 Å². The fraction of sp³-hybridized carbons (Fsp3) is 0.300. The number of alkyl halides is 3. The Bertz CT molecular complexity index is 1550. The van der Waals surface area contributed by atoms with Gasteiger partial charge in [-0.25, -0.2) is 0 Å². The largest absolute Gasteiger partial charge is 0.493 e. The number of halogens is 3. The summed E-state index contributed by atoms with van der Waals surface area (Å²) in [6.45, 7) is 0. The van der Waals surface area contributed by atoms with E-state index in [1.807, 2.05) is 5.32 Å². The first-order valence-corrected chi connectivity index (χ1v) is 14.0. The fourth-order valence-corrected chi connectivity index (χ4v) is 5.49. The van der Waals surface area contributed by atoms with Gasteiger partial charge in [0.2, 0.25) is 11.7 Å². The Labute approximate surface area is 244 Å². The molecule has 1 aliphatic rings. The van der Waals surface area contributed by atoms with Crippen molar-refractivity contribution in [1.82, 2.24) is 10.6 Å². The molecule has 0 heterocycles. The Morgan fingerprint density at radius 2 is 1.67 bits per heavy atom. The first-order chi connectivity index (χ1) is 20.0. The van der Waals surface area contributed by atoms with E-state index in [0.717, 1.165) is 5.56 Å². The molecule has 0 saturated heterocycles. The lowest BCUT2D eigenvalue weighted by molar-refractivity contribution is -0.174. The van der Waals surface area contributed by atoms with Crippen molar-refractivity contribution < 1.29 is 37.0 Å². The lowest BCUT2D eigenvalue weighted by Gasteiger charge is -2.24. The van der Waals surface area contributed by atoms with Gasteiger partial charge in [-0.1, -0.05) is 36.4 Å². The van der Waals surface area contributed by atoms with E-state index in [9.17, 15) is 27.6 Å². The lowest BCUT2D eigenvalue weighted by atomic mass is 9.95. The molecule has 0 radical (unpaired) electrons. The van der Waals surface area contributed by atoms with Gasteiger partial charge in [-0.3, -0.25) is 14.4 Å². The van der Waals surface area contributed by atoms with Gasteiger partial charge in [0.15, 0.2) is 16.9 Å². The summed E-state index contributed by atoms with van der Waals surface area (Å²) in [6.07, 6.45) is -2.78. The van der Waals surface area contributed by atoms with Crippen LogP contribution in [-0.4, -0.2) is 45.6 Å². The quantitative estimate of drug-likeness (QED) is 0.351. The summed E-state index contributed by atoms with van der Waals surface area (Å²) in [6, 6.07) is 11.8. The van der Waals surface area contributed by atoms with Crippen molar-refractivity contribution in [3.05, 3.63) is 81.5 Å². The normalized spacial score (nSPS) is 14.9. The molecule has 3 aromatic carbocycles. The van der Waals surface area contributed by atoms with Crippen molar-refractivity contribution in [3.63, 3.8) is 0 Å². The maximum atomic E-state index is 13.6. The van der Waals surface area contributed by atoms with Crippen molar-refractivity contribution in [2.24, 2.45) is 0 Å². The van der Waals surface area contributed by atoms with Crippen molar-refractivity contribution >= 4 is 23.6 Å². The summed E-state index contributed by atoms with van der Waals surface area (Å²) in [5.41, 5.74) is 2.29. The highest BCUT2D eigenvalue weighted by atomic mass is 32.2. The summed E-state index contributed by atoms with van der Waals surface area (Å²) < 4.78 is 56.4. The Morgan fingerprint density at radius 1 is 0.976 bits per heavy atom. The average molecular weight is 603 g/mol. The third kappa shape index (κ3) is 6.18. The molecule has 8 nitrogen and oxygen atoms in total. The van der Waals surface area contributed by atoms with Gasteiger partial charge in [-0.05, 0) is 59.6 Å². The summed E-state index contributed by atoms with van der Waals surface area (Å²) in [7, 11) is 4.44. The SMILES string of the molecule is COc1cc2c(c(OC)c1OC)-c1ccc(SC)c(=O)cc1[C@@H](NC(=O)[C@H](NC(=O)C(F)(F)F)c1ccccc1)CC2. The highest BCUT2D eigenvalue weighted by molar-refractivity contribution is 7.98. The highest BCUT2D eigenvalue weighted by Gasteiger charge is 2.41. The van der Waals surface area contributed by atoms with Crippen LogP contribution in [0.4, 0.5) is 13.2 Å². The minimum Gasteiger partial charge on any atom is -0.493 e. The molecule has 2 N–H and O–H groups in total. The molecule has 0 aromatic heterocycles. The Hall–Kier alpha value is -4.19. The molecule has 0 fully saturated rings. The molecule has 0 aliphatic heterocycles. The Kier molecular flexibility index (Phi) is 9.35. The molecule has 42 heavy (non-hydrogen) atoms. The molecule has 0 bridgehead atoms. The number of carbonyl (C=O) groups excluding carboxylic acids is 2. The molecule has 12 heteroatoms. The van der Waals surface area contributed by atoms with Crippen molar-refractivity contribution in [2.75, 3.05) is 27.6 Å². The van der Waals surface area contributed by atoms with E-state index in [4.69, 9.17) is 14.2 Å². The number of hydrogen-bond donors (Lipinski definition) is 2. The monoisotopic (exact) mass is 602 g/mol. The second-order valence-corrected chi connectivity index (χ2v) is 10.2. The van der Waals surface area contributed by atoms with Crippen LogP contribution in [0.3, 0.4) is 0 Å². The minimum atomic E-state index is -5.20. The number of rotatable bonds is 8. The van der Waals surface area contributed by atoms with Crippen LogP contribution in [0.5, 0.6) is 17.2 Å². The average Bonchev–Trinajstić information content (AvgIpc) is 3.22. The maximum Gasteiger partial charge on any atom is 0.471 e. The van der Waals surface area contributed by atoms with Gasteiger partial charge in [-0.2, -0.15) is 13.2 Å². The van der Waals surface area contributed by atoms with E-state index < -0.39 is 30.1 Å². The molecule has 0 saturated carbocycles. The number of aryl methyl sites for hydroxylation is 1. The molecular weight excluding hydrogens is 573 g/mol. The molecule has 0 spiro atoms. The van der Waals surface area contributed by atoms with Crippen LogP contribution in [-0.2, 0) is 16.0 Å².